The lowest BCUT2D eigenvalue weighted by atomic mass is 9.91. The van der Waals surface area contributed by atoms with Crippen LogP contribution in [0.2, 0.25) is 5.28 Å². The summed E-state index contributed by atoms with van der Waals surface area (Å²) in [6.07, 6.45) is 3.82. The predicted molar refractivity (Wildman–Crippen MR) is 168 cm³/mol. The van der Waals surface area contributed by atoms with E-state index in [-0.39, 0.29) is 33.4 Å². The number of carbonyl (C=O) groups is 2. The van der Waals surface area contributed by atoms with Crippen LogP contribution in [0.15, 0.2) is 53.7 Å². The second kappa shape index (κ2) is 13.1. The van der Waals surface area contributed by atoms with E-state index in [0.717, 1.165) is 6.42 Å². The van der Waals surface area contributed by atoms with Gasteiger partial charge in [0.15, 0.2) is 28.8 Å². The Morgan fingerprint density at radius 2 is 1.91 bits per heavy atom. The smallest absolute Gasteiger partial charge is 0.348 e. The van der Waals surface area contributed by atoms with E-state index < -0.39 is 54.6 Å². The second-order valence-corrected chi connectivity index (χ2v) is 11.2. The molecule has 246 valence electrons. The molecule has 3 aromatic heterocycles. The maximum absolute atomic E-state index is 12.9. The van der Waals surface area contributed by atoms with Gasteiger partial charge in [-0.3, -0.25) is 9.36 Å². The number of pyridine rings is 1. The average Bonchev–Trinajstić information content (AvgIpc) is 3.58. The molecule has 1 aliphatic heterocycles. The molecular weight excluding hydrogens is 636 g/mol. The van der Waals surface area contributed by atoms with Crippen molar-refractivity contribution >= 4 is 40.5 Å². The zero-order valence-corrected chi connectivity index (χ0v) is 26.0. The summed E-state index contributed by atoms with van der Waals surface area (Å²) in [7, 11) is 1.59. The zero-order chi connectivity index (χ0) is 34.1. The Morgan fingerprint density at radius 1 is 1.21 bits per heavy atom. The number of halogens is 1. The molecule has 5 N–H and O–H groups in total. The third kappa shape index (κ3) is 5.93. The lowest BCUT2D eigenvalue weighted by molar-refractivity contribution is -0.191. The Bertz CT molecular complexity index is 1910. The average molecular weight is 667 g/mol. The first-order chi connectivity index (χ1) is 22.4. The normalized spacial score (nSPS) is 21.1. The van der Waals surface area contributed by atoms with Gasteiger partial charge in [0.25, 0.3) is 11.2 Å². The standard InChI is InChI=1S/C31H31ClN6O9/c1-4-12-37-13-6-7-19(25(37)40)18-10-8-17(9-11-18)14-31(27(41)42,28(43)44)46-15-20-30(45,5-2)22(39)26(47-20)38-16-34-21-23(33-3)35-29(32)36-24(21)38/h2,6-11,13,16,20,22,26,39,45H,4,12,14-15H2,1,3H3,(H,41,42)(H,43,44)(H,33,35,36)/t20-,22+,26-,30-/m1/s1. The minimum Gasteiger partial charge on any atom is -0.479 e. The van der Waals surface area contributed by atoms with Crippen molar-refractivity contribution in [2.45, 2.75) is 55.9 Å². The Hall–Kier alpha value is -4.85. The lowest BCUT2D eigenvalue weighted by Crippen LogP contribution is -2.55. The highest BCUT2D eigenvalue weighted by molar-refractivity contribution is 6.28. The van der Waals surface area contributed by atoms with Crippen molar-refractivity contribution in [1.82, 2.24) is 24.1 Å². The minimum atomic E-state index is -2.85. The lowest BCUT2D eigenvalue weighted by Gasteiger charge is -2.30. The fraction of sp³-hybridized carbons (Fsp3) is 0.355. The number of imidazole rings is 1. The number of nitrogens with one attached hydrogen (secondary N) is 1. The van der Waals surface area contributed by atoms with Crippen molar-refractivity contribution in [3.63, 3.8) is 0 Å². The van der Waals surface area contributed by atoms with E-state index in [2.05, 4.69) is 26.2 Å². The molecule has 16 heteroatoms. The van der Waals surface area contributed by atoms with E-state index in [0.29, 0.717) is 17.7 Å². The topological polar surface area (TPSA) is 211 Å². The molecule has 47 heavy (non-hydrogen) atoms. The number of hydrogen-bond acceptors (Lipinski definition) is 11. The van der Waals surface area contributed by atoms with Crippen LogP contribution in [0.5, 0.6) is 0 Å². The molecule has 4 atom stereocenters. The molecular formula is C31H31ClN6O9. The Labute approximate surface area is 272 Å². The van der Waals surface area contributed by atoms with Crippen LogP contribution < -0.4 is 10.9 Å². The number of carboxylic acid groups (broad SMARTS) is 2. The zero-order valence-electron chi connectivity index (χ0n) is 25.2. The van der Waals surface area contributed by atoms with Gasteiger partial charge in [-0.1, -0.05) is 37.1 Å². The van der Waals surface area contributed by atoms with Crippen LogP contribution >= 0.6 is 11.6 Å². The van der Waals surface area contributed by atoms with Crippen molar-refractivity contribution in [3.05, 3.63) is 70.1 Å². The fourth-order valence-electron chi connectivity index (χ4n) is 5.47. The van der Waals surface area contributed by atoms with Gasteiger partial charge < -0.3 is 39.8 Å². The number of aliphatic hydroxyl groups is 2. The molecule has 0 saturated carbocycles. The predicted octanol–water partition coefficient (Wildman–Crippen LogP) is 1.55. The monoisotopic (exact) mass is 666 g/mol. The van der Waals surface area contributed by atoms with E-state index in [1.807, 2.05) is 6.92 Å². The molecule has 0 bridgehead atoms. The molecule has 0 amide bonds. The van der Waals surface area contributed by atoms with Crippen LogP contribution in [0.1, 0.15) is 25.1 Å². The number of aliphatic carboxylic acids is 2. The maximum atomic E-state index is 12.9. The molecule has 15 nitrogen and oxygen atoms in total. The second-order valence-electron chi connectivity index (χ2n) is 10.9. The largest absolute Gasteiger partial charge is 0.479 e. The van der Waals surface area contributed by atoms with Crippen molar-refractivity contribution in [1.29, 1.82) is 0 Å². The highest BCUT2D eigenvalue weighted by Crippen LogP contribution is 2.39. The summed E-state index contributed by atoms with van der Waals surface area (Å²) in [5.41, 5.74) is -3.88. The van der Waals surface area contributed by atoms with E-state index >= 15 is 0 Å². The molecule has 4 heterocycles. The number of fused-ring (bicyclic) bond motifs is 1. The summed E-state index contributed by atoms with van der Waals surface area (Å²) in [4.78, 5) is 50.3. The number of nitrogens with zero attached hydrogens (tertiary/aromatic N) is 5. The van der Waals surface area contributed by atoms with Gasteiger partial charge in [-0.05, 0) is 41.3 Å². The number of aromatic nitrogens is 5. The van der Waals surface area contributed by atoms with E-state index in [9.17, 15) is 34.8 Å². The Kier molecular flexibility index (Phi) is 9.34. The number of benzene rings is 1. The number of hydrogen-bond donors (Lipinski definition) is 5. The Balaban J connectivity index is 1.41. The summed E-state index contributed by atoms with van der Waals surface area (Å²) in [6, 6.07) is 9.57. The first-order valence-electron chi connectivity index (χ1n) is 14.4. The molecule has 1 fully saturated rings. The SMILES string of the molecule is C#C[C@@]1(O)[C@@H](COC(Cc2ccc(-c3cccn(CCC)c3=O)cc2)(C(=O)O)C(=O)O)O[C@@H](n2cnc3c(NC)nc(Cl)nc32)[C@@H]1O. The molecule has 0 aliphatic carbocycles. The number of aliphatic hydroxyl groups excluding tert-OH is 1. The van der Waals surface area contributed by atoms with Gasteiger partial charge in [0, 0.05) is 31.8 Å². The quantitative estimate of drug-likeness (QED) is 0.0826. The van der Waals surface area contributed by atoms with Gasteiger partial charge in [0.2, 0.25) is 5.28 Å². The minimum absolute atomic E-state index is 0.119. The molecule has 1 aromatic carbocycles. The van der Waals surface area contributed by atoms with E-state index in [4.69, 9.17) is 27.5 Å². The van der Waals surface area contributed by atoms with Gasteiger partial charge in [0.1, 0.15) is 12.2 Å². The molecule has 1 saturated heterocycles. The fourth-order valence-corrected chi connectivity index (χ4v) is 5.63. The molecule has 0 radical (unpaired) electrons. The van der Waals surface area contributed by atoms with Gasteiger partial charge in [-0.2, -0.15) is 9.97 Å². The summed E-state index contributed by atoms with van der Waals surface area (Å²) in [6.45, 7) is 1.64. The molecule has 0 spiro atoms. The molecule has 4 aromatic rings. The van der Waals surface area contributed by atoms with Gasteiger partial charge in [-0.15, -0.1) is 6.42 Å². The highest BCUT2D eigenvalue weighted by atomic mass is 35.5. The van der Waals surface area contributed by atoms with Gasteiger partial charge in [-0.25, -0.2) is 14.6 Å². The molecule has 0 unspecified atom stereocenters. The summed E-state index contributed by atoms with van der Waals surface area (Å²) in [5.74, 6) is -1.31. The maximum Gasteiger partial charge on any atom is 0.348 e. The van der Waals surface area contributed by atoms with Crippen molar-refractivity contribution in [2.75, 3.05) is 19.0 Å². The first kappa shape index (κ1) is 33.5. The van der Waals surface area contributed by atoms with Crippen molar-refractivity contribution in [2.24, 2.45) is 0 Å². The number of aryl methyl sites for hydroxylation is 1. The highest BCUT2D eigenvalue weighted by Gasteiger charge is 2.58. The summed E-state index contributed by atoms with van der Waals surface area (Å²) in [5, 5.41) is 45.3. The van der Waals surface area contributed by atoms with Crippen LogP contribution in [0.4, 0.5) is 5.82 Å². The van der Waals surface area contributed by atoms with Crippen molar-refractivity contribution in [3.8, 4) is 23.5 Å². The first-order valence-corrected chi connectivity index (χ1v) is 14.8. The summed E-state index contributed by atoms with van der Waals surface area (Å²) >= 11 is 6.04. The number of anilines is 1. The number of carboxylic acids is 2. The van der Waals surface area contributed by atoms with E-state index in [1.54, 1.807) is 42.1 Å². The third-order valence-electron chi connectivity index (χ3n) is 8.03. The number of ether oxygens (including phenoxy) is 2. The third-order valence-corrected chi connectivity index (χ3v) is 8.20. The van der Waals surface area contributed by atoms with Gasteiger partial charge >= 0.3 is 11.9 Å². The number of rotatable bonds is 12. The van der Waals surface area contributed by atoms with Gasteiger partial charge in [0.05, 0.1) is 12.9 Å². The van der Waals surface area contributed by atoms with Crippen molar-refractivity contribution < 1.29 is 39.5 Å². The number of terminal acetylenes is 1. The van der Waals surface area contributed by atoms with Crippen LogP contribution in [-0.4, -0.2) is 93.5 Å². The van der Waals surface area contributed by atoms with Crippen LogP contribution in [0.3, 0.4) is 0 Å². The van der Waals surface area contributed by atoms with Crippen LogP contribution in [0.25, 0.3) is 22.3 Å². The Morgan fingerprint density at radius 3 is 2.53 bits per heavy atom. The molecule has 1 aliphatic rings. The molecule has 5 rings (SSSR count). The summed E-state index contributed by atoms with van der Waals surface area (Å²) < 4.78 is 14.2. The van der Waals surface area contributed by atoms with Crippen LogP contribution in [-0.2, 0) is 32.0 Å². The van der Waals surface area contributed by atoms with Crippen LogP contribution in [0, 0.1) is 12.3 Å². The van der Waals surface area contributed by atoms with E-state index in [1.165, 1.54) is 23.0 Å².